The Morgan fingerprint density at radius 2 is 2.00 bits per heavy atom. The van der Waals surface area contributed by atoms with Crippen molar-refractivity contribution in [3.05, 3.63) is 65.2 Å². The summed E-state index contributed by atoms with van der Waals surface area (Å²) in [7, 11) is 2.09. The third-order valence-electron chi connectivity index (χ3n) is 4.19. The van der Waals surface area contributed by atoms with E-state index in [2.05, 4.69) is 30.1 Å². The lowest BCUT2D eigenvalue weighted by atomic mass is 9.99. The van der Waals surface area contributed by atoms with Crippen molar-refractivity contribution in [3.8, 4) is 5.75 Å². The minimum absolute atomic E-state index is 0.431. The standard InChI is InChI=1S/C19H23NO2/c1-20-11-12-22-19-10-8-16(13-17(19)14-20)18(21)9-7-15-5-3-2-4-6-15/h2-6,8,10,13,18,21H,7,9,11-12,14H2,1H3. The molecule has 0 bridgehead atoms. The summed E-state index contributed by atoms with van der Waals surface area (Å²) in [4.78, 5) is 2.24. The van der Waals surface area contributed by atoms with Gasteiger partial charge in [-0.1, -0.05) is 36.4 Å². The van der Waals surface area contributed by atoms with E-state index in [1.54, 1.807) is 0 Å². The lowest BCUT2D eigenvalue weighted by molar-refractivity contribution is 0.167. The molecule has 1 heterocycles. The van der Waals surface area contributed by atoms with Crippen molar-refractivity contribution in [2.45, 2.75) is 25.5 Å². The normalized spacial score (nSPS) is 16.5. The zero-order valence-electron chi connectivity index (χ0n) is 13.0. The van der Waals surface area contributed by atoms with Gasteiger partial charge in [-0.15, -0.1) is 0 Å². The molecule has 0 spiro atoms. The number of ether oxygens (including phenoxy) is 1. The second-order valence-electron chi connectivity index (χ2n) is 5.99. The Morgan fingerprint density at radius 1 is 1.18 bits per heavy atom. The molecule has 0 radical (unpaired) electrons. The number of rotatable bonds is 4. The molecular weight excluding hydrogens is 274 g/mol. The molecule has 22 heavy (non-hydrogen) atoms. The van der Waals surface area contributed by atoms with Crippen molar-refractivity contribution in [1.82, 2.24) is 4.90 Å². The van der Waals surface area contributed by atoms with Crippen molar-refractivity contribution < 1.29 is 9.84 Å². The van der Waals surface area contributed by atoms with Crippen LogP contribution >= 0.6 is 0 Å². The van der Waals surface area contributed by atoms with E-state index in [-0.39, 0.29) is 0 Å². The number of benzene rings is 2. The molecule has 1 N–H and O–H groups in total. The second kappa shape index (κ2) is 6.95. The Balaban J connectivity index is 1.69. The van der Waals surface area contributed by atoms with E-state index in [1.807, 2.05) is 30.3 Å². The fourth-order valence-electron chi connectivity index (χ4n) is 2.87. The van der Waals surface area contributed by atoms with Crippen LogP contribution in [0, 0.1) is 0 Å². The molecular formula is C19H23NO2. The van der Waals surface area contributed by atoms with Crippen LogP contribution in [-0.4, -0.2) is 30.2 Å². The van der Waals surface area contributed by atoms with E-state index in [4.69, 9.17) is 4.74 Å². The first kappa shape index (κ1) is 15.1. The van der Waals surface area contributed by atoms with Gasteiger partial charge in [0.2, 0.25) is 0 Å². The fraction of sp³-hybridized carbons (Fsp3) is 0.368. The van der Waals surface area contributed by atoms with E-state index >= 15 is 0 Å². The molecule has 0 fully saturated rings. The molecule has 0 aliphatic carbocycles. The van der Waals surface area contributed by atoms with Crippen molar-refractivity contribution in [3.63, 3.8) is 0 Å². The summed E-state index contributed by atoms with van der Waals surface area (Å²) in [6.45, 7) is 2.52. The fourth-order valence-corrected chi connectivity index (χ4v) is 2.87. The summed E-state index contributed by atoms with van der Waals surface area (Å²) in [5, 5.41) is 10.5. The Labute approximate surface area is 132 Å². The van der Waals surface area contributed by atoms with Gasteiger partial charge in [0.15, 0.2) is 0 Å². The van der Waals surface area contributed by atoms with E-state index in [0.717, 1.165) is 49.4 Å². The molecule has 116 valence electrons. The molecule has 0 saturated heterocycles. The molecule has 0 amide bonds. The highest BCUT2D eigenvalue weighted by Crippen LogP contribution is 2.28. The minimum atomic E-state index is -0.431. The molecule has 1 aliphatic rings. The number of hydrogen-bond donors (Lipinski definition) is 1. The van der Waals surface area contributed by atoms with E-state index in [9.17, 15) is 5.11 Å². The van der Waals surface area contributed by atoms with Gasteiger partial charge in [-0.2, -0.15) is 0 Å². The van der Waals surface area contributed by atoms with Gasteiger partial charge in [-0.25, -0.2) is 0 Å². The van der Waals surface area contributed by atoms with Crippen molar-refractivity contribution >= 4 is 0 Å². The highest BCUT2D eigenvalue weighted by molar-refractivity contribution is 5.38. The summed E-state index contributed by atoms with van der Waals surface area (Å²) in [6, 6.07) is 16.4. The first-order valence-corrected chi connectivity index (χ1v) is 7.88. The summed E-state index contributed by atoms with van der Waals surface area (Å²) in [5.41, 5.74) is 3.41. The quantitative estimate of drug-likeness (QED) is 0.941. The Bertz CT molecular complexity index is 612. The van der Waals surface area contributed by atoms with Gasteiger partial charge < -0.3 is 9.84 Å². The molecule has 1 unspecified atom stereocenters. The Hall–Kier alpha value is -1.84. The Kier molecular flexibility index (Phi) is 4.76. The topological polar surface area (TPSA) is 32.7 Å². The monoisotopic (exact) mass is 297 g/mol. The van der Waals surface area contributed by atoms with Crippen LogP contribution in [0.25, 0.3) is 0 Å². The largest absolute Gasteiger partial charge is 0.492 e. The molecule has 3 nitrogen and oxygen atoms in total. The third-order valence-corrected chi connectivity index (χ3v) is 4.19. The van der Waals surface area contributed by atoms with Gasteiger partial charge in [-0.3, -0.25) is 4.90 Å². The maximum Gasteiger partial charge on any atom is 0.123 e. The lowest BCUT2D eigenvalue weighted by Gasteiger charge is -2.15. The van der Waals surface area contributed by atoms with E-state index in [0.29, 0.717) is 0 Å². The van der Waals surface area contributed by atoms with Crippen LogP contribution in [0.3, 0.4) is 0 Å². The average Bonchev–Trinajstić information content (AvgIpc) is 2.73. The highest BCUT2D eigenvalue weighted by Gasteiger charge is 2.15. The van der Waals surface area contributed by atoms with Gasteiger partial charge in [0.05, 0.1) is 6.10 Å². The smallest absolute Gasteiger partial charge is 0.123 e. The maximum absolute atomic E-state index is 10.5. The van der Waals surface area contributed by atoms with Gasteiger partial charge in [-0.05, 0) is 43.1 Å². The van der Waals surface area contributed by atoms with Crippen LogP contribution in [-0.2, 0) is 13.0 Å². The SMILES string of the molecule is CN1CCOc2ccc(C(O)CCc3ccccc3)cc2C1. The number of aliphatic hydroxyl groups is 1. The maximum atomic E-state index is 10.5. The molecule has 2 aromatic carbocycles. The number of fused-ring (bicyclic) bond motifs is 1. The summed E-state index contributed by atoms with van der Waals surface area (Å²) in [6.07, 6.45) is 1.19. The average molecular weight is 297 g/mol. The van der Waals surface area contributed by atoms with Gasteiger partial charge in [0.25, 0.3) is 0 Å². The van der Waals surface area contributed by atoms with Gasteiger partial charge >= 0.3 is 0 Å². The van der Waals surface area contributed by atoms with Crippen LogP contribution in [0.2, 0.25) is 0 Å². The van der Waals surface area contributed by atoms with Gasteiger partial charge in [0, 0.05) is 18.7 Å². The number of likely N-dealkylation sites (N-methyl/N-ethyl adjacent to an activating group) is 1. The first-order valence-electron chi connectivity index (χ1n) is 7.88. The van der Waals surface area contributed by atoms with Crippen molar-refractivity contribution in [2.75, 3.05) is 20.2 Å². The number of aliphatic hydroxyl groups excluding tert-OH is 1. The van der Waals surface area contributed by atoms with Crippen LogP contribution in [0.1, 0.15) is 29.2 Å². The van der Waals surface area contributed by atoms with Crippen molar-refractivity contribution in [1.29, 1.82) is 0 Å². The summed E-state index contributed by atoms with van der Waals surface area (Å²) in [5.74, 6) is 0.948. The summed E-state index contributed by atoms with van der Waals surface area (Å²) < 4.78 is 5.76. The van der Waals surface area contributed by atoms with Crippen LogP contribution in [0.15, 0.2) is 48.5 Å². The zero-order chi connectivity index (χ0) is 15.4. The van der Waals surface area contributed by atoms with Crippen LogP contribution in [0.5, 0.6) is 5.75 Å². The predicted octanol–water partition coefficient (Wildman–Crippen LogP) is 3.18. The van der Waals surface area contributed by atoms with E-state index in [1.165, 1.54) is 5.56 Å². The van der Waals surface area contributed by atoms with Crippen LogP contribution in [0.4, 0.5) is 0 Å². The predicted molar refractivity (Wildman–Crippen MR) is 88.0 cm³/mol. The van der Waals surface area contributed by atoms with Crippen molar-refractivity contribution in [2.24, 2.45) is 0 Å². The van der Waals surface area contributed by atoms with Gasteiger partial charge in [0.1, 0.15) is 12.4 Å². The summed E-state index contributed by atoms with van der Waals surface area (Å²) >= 11 is 0. The minimum Gasteiger partial charge on any atom is -0.492 e. The molecule has 0 aromatic heterocycles. The molecule has 3 heteroatoms. The second-order valence-corrected chi connectivity index (χ2v) is 5.99. The van der Waals surface area contributed by atoms with E-state index < -0.39 is 6.10 Å². The highest BCUT2D eigenvalue weighted by atomic mass is 16.5. The van der Waals surface area contributed by atoms with Crippen LogP contribution < -0.4 is 4.74 Å². The number of aryl methyl sites for hydroxylation is 1. The molecule has 1 aliphatic heterocycles. The molecule has 0 saturated carbocycles. The zero-order valence-corrected chi connectivity index (χ0v) is 13.0. The molecule has 2 aromatic rings. The first-order chi connectivity index (χ1) is 10.7. The third kappa shape index (κ3) is 3.67. The molecule has 1 atom stereocenters. The number of nitrogens with zero attached hydrogens (tertiary/aromatic N) is 1. The molecule has 3 rings (SSSR count). The Morgan fingerprint density at radius 3 is 2.82 bits per heavy atom. The lowest BCUT2D eigenvalue weighted by Crippen LogP contribution is -2.20. The number of hydrogen-bond acceptors (Lipinski definition) is 3.